The fraction of sp³-hybridized carbons (Fsp3) is 0.826. The van der Waals surface area contributed by atoms with E-state index in [0.717, 1.165) is 0 Å². The predicted octanol–water partition coefficient (Wildman–Crippen LogP) is -0.553. The highest BCUT2D eigenvalue weighted by molar-refractivity contribution is 5.94. The molecule has 11 nitrogen and oxygen atoms in total. The van der Waals surface area contributed by atoms with Crippen LogP contribution in [0.3, 0.4) is 0 Å². The predicted molar refractivity (Wildman–Crippen MR) is 106 cm³/mol. The smallest absolute Gasteiger partial charge is 0.343 e. The van der Waals surface area contributed by atoms with Crippen molar-refractivity contribution in [1.82, 2.24) is 0 Å². The zero-order valence-electron chi connectivity index (χ0n) is 19.7. The van der Waals surface area contributed by atoms with Crippen molar-refractivity contribution in [3.63, 3.8) is 0 Å². The Balaban J connectivity index is 1.74. The lowest BCUT2D eigenvalue weighted by Gasteiger charge is -2.48. The third-order valence-corrected chi connectivity index (χ3v) is 9.62. The van der Waals surface area contributed by atoms with Gasteiger partial charge < -0.3 is 33.9 Å². The fourth-order valence-electron chi connectivity index (χ4n) is 8.89. The van der Waals surface area contributed by atoms with Crippen LogP contribution in [-0.4, -0.2) is 76.0 Å². The molecule has 186 valence electrons. The summed E-state index contributed by atoms with van der Waals surface area (Å²) in [6.45, 7) is 9.88. The summed E-state index contributed by atoms with van der Waals surface area (Å²) in [4.78, 5) is 51.5. The van der Waals surface area contributed by atoms with Crippen LogP contribution in [0.25, 0.3) is 0 Å². The molecule has 4 unspecified atom stereocenters. The van der Waals surface area contributed by atoms with Crippen LogP contribution in [0, 0.1) is 34.0 Å². The molecule has 2 aliphatic carbocycles. The van der Waals surface area contributed by atoms with Crippen molar-refractivity contribution in [2.24, 2.45) is 34.0 Å². The van der Waals surface area contributed by atoms with Gasteiger partial charge >= 0.3 is 23.9 Å². The fourth-order valence-corrected chi connectivity index (χ4v) is 8.89. The van der Waals surface area contributed by atoms with Crippen molar-refractivity contribution < 1.29 is 53.1 Å². The first-order chi connectivity index (χ1) is 15.7. The Morgan fingerprint density at radius 2 is 1.62 bits per heavy atom. The van der Waals surface area contributed by atoms with Crippen LogP contribution in [0.4, 0.5) is 0 Å². The number of aliphatic hydroxyl groups is 2. The van der Waals surface area contributed by atoms with Crippen LogP contribution in [0.1, 0.15) is 41.5 Å². The minimum absolute atomic E-state index is 0.606. The second-order valence-electron chi connectivity index (χ2n) is 11.7. The van der Waals surface area contributed by atoms with Gasteiger partial charge in [0.15, 0.2) is 17.8 Å². The van der Waals surface area contributed by atoms with Gasteiger partial charge in [-0.25, -0.2) is 4.79 Å². The highest BCUT2D eigenvalue weighted by atomic mass is 16.8. The third kappa shape index (κ3) is 1.72. The van der Waals surface area contributed by atoms with E-state index in [9.17, 15) is 29.4 Å². The summed E-state index contributed by atoms with van der Waals surface area (Å²) in [6, 6.07) is 0. The molecule has 6 aliphatic rings. The van der Waals surface area contributed by atoms with E-state index in [4.69, 9.17) is 23.7 Å². The Hall–Kier alpha value is -2.24. The topological polar surface area (TPSA) is 155 Å². The number of ether oxygens (including phenoxy) is 5. The maximum absolute atomic E-state index is 13.7. The van der Waals surface area contributed by atoms with E-state index in [-0.39, 0.29) is 0 Å². The van der Waals surface area contributed by atoms with Crippen LogP contribution in [0.15, 0.2) is 0 Å². The van der Waals surface area contributed by atoms with Gasteiger partial charge in [-0.05, 0) is 12.3 Å². The maximum Gasteiger partial charge on any atom is 0.343 e. The lowest BCUT2D eigenvalue weighted by atomic mass is 9.49. The van der Waals surface area contributed by atoms with Crippen LogP contribution in [0.2, 0.25) is 0 Å². The molecule has 34 heavy (non-hydrogen) atoms. The second kappa shape index (κ2) is 5.76. The first-order valence-corrected chi connectivity index (χ1v) is 11.5. The molecule has 4 heterocycles. The van der Waals surface area contributed by atoms with Crippen LogP contribution in [-0.2, 0) is 42.9 Å². The first kappa shape index (κ1) is 22.2. The maximum atomic E-state index is 13.7. The molecule has 12 atom stereocenters. The number of rotatable bonds is 1. The van der Waals surface area contributed by atoms with Crippen molar-refractivity contribution in [3.8, 4) is 0 Å². The Bertz CT molecular complexity index is 1060. The molecule has 4 saturated heterocycles. The first-order valence-electron chi connectivity index (χ1n) is 11.5. The van der Waals surface area contributed by atoms with E-state index in [1.807, 2.05) is 20.8 Å². The lowest BCUT2D eigenvalue weighted by Crippen LogP contribution is -2.66. The Kier molecular flexibility index (Phi) is 3.77. The molecule has 6 rings (SSSR count). The number of esters is 4. The molecule has 0 amide bonds. The van der Waals surface area contributed by atoms with Gasteiger partial charge in [0.2, 0.25) is 11.9 Å². The molecule has 2 N–H and O–H groups in total. The van der Waals surface area contributed by atoms with E-state index in [0.29, 0.717) is 0 Å². The van der Waals surface area contributed by atoms with Crippen LogP contribution >= 0.6 is 0 Å². The molecule has 2 spiro atoms. The summed E-state index contributed by atoms with van der Waals surface area (Å²) in [6.07, 6.45) is -6.88. The number of hydrogen-bond acceptors (Lipinski definition) is 11. The monoisotopic (exact) mass is 480 g/mol. The molecular weight excluding hydrogens is 452 g/mol. The summed E-state index contributed by atoms with van der Waals surface area (Å²) >= 11 is 0. The number of fused-ring (bicyclic) bond motifs is 1. The van der Waals surface area contributed by atoms with Gasteiger partial charge in [-0.2, -0.15) is 0 Å². The average Bonchev–Trinajstić information content (AvgIpc) is 3.41. The molecule has 4 aliphatic heterocycles. The lowest BCUT2D eigenvalue weighted by molar-refractivity contribution is -0.240. The molecule has 0 bridgehead atoms. The average molecular weight is 480 g/mol. The van der Waals surface area contributed by atoms with E-state index >= 15 is 0 Å². The standard InChI is InChI=1S/C23H28O11/c1-7-15(26)33-18-20(7)11(19(4,5)6)10(30-9(3)24)13-21(20)12(25)14-22(29,8(2)16(27)31-14)23(21,34-18)17(28)32-13/h7-8,10-14,18,25,29H,1-6H3/t7-,8+,10+,11-,12-,13?,14-,18?,20?,21?,22+,23-/m0/s1. The SMILES string of the molecule is CC(=O)O[C@H]1C2OC(=O)[C@]34OC5OC(=O)[C@H](C)C5([C@@H]1C(C)(C)C)C23[C@@H](O)[C@@H]1OC(=O)[C@@H](C)[C@@]14O. The van der Waals surface area contributed by atoms with Crippen molar-refractivity contribution in [2.75, 3.05) is 0 Å². The van der Waals surface area contributed by atoms with Crippen molar-refractivity contribution >= 4 is 23.9 Å². The largest absolute Gasteiger partial charge is 0.458 e. The number of carbonyl (C=O) groups is 4. The van der Waals surface area contributed by atoms with Gasteiger partial charge in [-0.15, -0.1) is 0 Å². The minimum atomic E-state index is -2.30. The highest BCUT2D eigenvalue weighted by Crippen LogP contribution is 2.85. The van der Waals surface area contributed by atoms with Crippen molar-refractivity contribution in [1.29, 1.82) is 0 Å². The van der Waals surface area contributed by atoms with Gasteiger partial charge in [0.1, 0.15) is 12.2 Å². The Morgan fingerprint density at radius 1 is 1.00 bits per heavy atom. The molecule has 2 saturated carbocycles. The van der Waals surface area contributed by atoms with Crippen molar-refractivity contribution in [2.45, 2.75) is 83.5 Å². The van der Waals surface area contributed by atoms with Crippen LogP contribution in [0.5, 0.6) is 0 Å². The summed E-state index contributed by atoms with van der Waals surface area (Å²) in [7, 11) is 0. The minimum Gasteiger partial charge on any atom is -0.458 e. The van der Waals surface area contributed by atoms with Gasteiger partial charge in [-0.3, -0.25) is 14.4 Å². The van der Waals surface area contributed by atoms with Gasteiger partial charge in [0.25, 0.3) is 0 Å². The Labute approximate surface area is 195 Å². The van der Waals surface area contributed by atoms with E-state index in [1.54, 1.807) is 6.92 Å². The summed E-state index contributed by atoms with van der Waals surface area (Å²) < 4.78 is 28.9. The van der Waals surface area contributed by atoms with Crippen molar-refractivity contribution in [3.05, 3.63) is 0 Å². The normalized spacial score (nSPS) is 56.4. The molecule has 0 aromatic carbocycles. The van der Waals surface area contributed by atoms with E-state index in [2.05, 4.69) is 0 Å². The number of carbonyl (C=O) groups excluding carboxylic acids is 4. The number of aliphatic hydroxyl groups excluding tert-OH is 1. The molecular formula is C23H28O11. The number of hydrogen-bond donors (Lipinski definition) is 2. The summed E-state index contributed by atoms with van der Waals surface area (Å²) in [5.41, 5.74) is -8.48. The Morgan fingerprint density at radius 3 is 2.21 bits per heavy atom. The van der Waals surface area contributed by atoms with Gasteiger partial charge in [0.05, 0.1) is 22.7 Å². The third-order valence-electron chi connectivity index (χ3n) is 9.62. The molecule has 0 aromatic rings. The molecule has 11 heteroatoms. The summed E-state index contributed by atoms with van der Waals surface area (Å²) in [5.74, 6) is -5.92. The second-order valence-corrected chi connectivity index (χ2v) is 11.7. The summed E-state index contributed by atoms with van der Waals surface area (Å²) in [5, 5.41) is 24.0. The zero-order valence-corrected chi connectivity index (χ0v) is 19.7. The van der Waals surface area contributed by atoms with E-state index < -0.39 is 99.8 Å². The highest BCUT2D eigenvalue weighted by Gasteiger charge is 3.05. The zero-order chi connectivity index (χ0) is 25.0. The van der Waals surface area contributed by atoms with E-state index in [1.165, 1.54) is 13.8 Å². The molecule has 0 radical (unpaired) electrons. The van der Waals surface area contributed by atoms with Crippen LogP contribution < -0.4 is 0 Å². The molecule has 0 aromatic heterocycles. The molecule has 6 fully saturated rings. The quantitative estimate of drug-likeness (QED) is 0.367. The van der Waals surface area contributed by atoms with Gasteiger partial charge in [0, 0.05) is 12.8 Å². The van der Waals surface area contributed by atoms with Gasteiger partial charge in [-0.1, -0.05) is 27.7 Å².